The topological polar surface area (TPSA) is 52.1 Å². The predicted octanol–water partition coefficient (Wildman–Crippen LogP) is 3.94. The number of ether oxygens (including phenoxy) is 1. The van der Waals surface area contributed by atoms with Crippen LogP contribution in [0.2, 0.25) is 10.0 Å². The van der Waals surface area contributed by atoms with Gasteiger partial charge in [0, 0.05) is 5.56 Å². The Morgan fingerprint density at radius 2 is 2.05 bits per heavy atom. The number of nitrogens with zero attached hydrogens (tertiary/aromatic N) is 2. The molecule has 1 heterocycles. The summed E-state index contributed by atoms with van der Waals surface area (Å²) in [5.74, 6) is -1.29. The molecule has 0 bridgehead atoms. The summed E-state index contributed by atoms with van der Waals surface area (Å²) in [6.45, 7) is 1.87. The quantitative estimate of drug-likeness (QED) is 0.801. The lowest BCUT2D eigenvalue weighted by Crippen LogP contribution is -2.04. The van der Waals surface area contributed by atoms with E-state index in [2.05, 4.69) is 14.7 Å². The van der Waals surface area contributed by atoms with Crippen molar-refractivity contribution >= 4 is 29.2 Å². The molecule has 0 unspecified atom stereocenters. The molecular weight excluding hydrogens is 318 g/mol. The van der Waals surface area contributed by atoms with Crippen LogP contribution in [-0.4, -0.2) is 23.0 Å². The van der Waals surface area contributed by atoms with Crippen LogP contribution in [0.25, 0.3) is 11.3 Å². The molecule has 7 heteroatoms. The molecule has 1 aromatic heterocycles. The lowest BCUT2D eigenvalue weighted by Gasteiger charge is -2.10. The van der Waals surface area contributed by atoms with Gasteiger partial charge in [0.1, 0.15) is 12.1 Å². The number of hydrogen-bond donors (Lipinski definition) is 0. The highest BCUT2D eigenvalue weighted by molar-refractivity contribution is 6.34. The highest BCUT2D eigenvalue weighted by Gasteiger charge is 2.19. The van der Waals surface area contributed by atoms with Crippen LogP contribution in [0.3, 0.4) is 0 Å². The van der Waals surface area contributed by atoms with Gasteiger partial charge in [0.2, 0.25) is 0 Å². The van der Waals surface area contributed by atoms with E-state index >= 15 is 0 Å². The van der Waals surface area contributed by atoms with Crippen LogP contribution in [0.15, 0.2) is 18.5 Å². The Balaban J connectivity index is 2.67. The largest absolute Gasteiger partial charge is 0.465 e. The Hall–Kier alpha value is -1.72. The van der Waals surface area contributed by atoms with Crippen molar-refractivity contribution in [2.45, 2.75) is 13.3 Å². The zero-order valence-electron chi connectivity index (χ0n) is 11.3. The van der Waals surface area contributed by atoms with Gasteiger partial charge < -0.3 is 4.74 Å². The Kier molecular flexibility index (Phi) is 4.75. The second kappa shape index (κ2) is 6.37. The van der Waals surface area contributed by atoms with Crippen molar-refractivity contribution in [1.82, 2.24) is 9.97 Å². The van der Waals surface area contributed by atoms with Crippen LogP contribution in [0.1, 0.15) is 23.0 Å². The fraction of sp³-hybridized carbons (Fsp3) is 0.214. The fourth-order valence-electron chi connectivity index (χ4n) is 1.84. The molecule has 0 fully saturated rings. The predicted molar refractivity (Wildman–Crippen MR) is 78.2 cm³/mol. The van der Waals surface area contributed by atoms with E-state index in [1.165, 1.54) is 19.5 Å². The maximum Gasteiger partial charge on any atom is 0.339 e. The number of carbonyl (C=O) groups is 1. The Labute approximate surface area is 130 Å². The fourth-order valence-corrected chi connectivity index (χ4v) is 2.40. The zero-order chi connectivity index (χ0) is 15.6. The molecule has 0 saturated carbocycles. The molecule has 0 spiro atoms. The molecule has 0 saturated heterocycles. The van der Waals surface area contributed by atoms with Gasteiger partial charge in [0.05, 0.1) is 34.1 Å². The van der Waals surface area contributed by atoms with Gasteiger partial charge in [-0.3, -0.25) is 0 Å². The number of aryl methyl sites for hydroxylation is 1. The number of halogens is 3. The summed E-state index contributed by atoms with van der Waals surface area (Å²) in [5, 5.41) is 0.209. The molecule has 2 aromatic rings. The second-order valence-corrected chi connectivity index (χ2v) is 4.93. The van der Waals surface area contributed by atoms with Crippen LogP contribution >= 0.6 is 23.2 Å². The van der Waals surface area contributed by atoms with Gasteiger partial charge in [-0.1, -0.05) is 30.1 Å². The number of hydrogen-bond acceptors (Lipinski definition) is 4. The van der Waals surface area contributed by atoms with E-state index in [1.54, 1.807) is 0 Å². The van der Waals surface area contributed by atoms with Crippen LogP contribution in [0, 0.1) is 5.82 Å². The molecule has 2 rings (SSSR count). The number of benzene rings is 1. The van der Waals surface area contributed by atoms with Crippen LogP contribution in [-0.2, 0) is 11.2 Å². The molecule has 0 aliphatic rings. The molecule has 0 amide bonds. The average Bonchev–Trinajstić information content (AvgIpc) is 2.47. The lowest BCUT2D eigenvalue weighted by molar-refractivity contribution is 0.0601. The summed E-state index contributed by atoms with van der Waals surface area (Å²) < 4.78 is 18.8. The first kappa shape index (κ1) is 15.7. The van der Waals surface area contributed by atoms with E-state index in [1.807, 2.05) is 6.92 Å². The molecule has 0 N–H and O–H groups in total. The lowest BCUT2D eigenvalue weighted by atomic mass is 10.1. The summed E-state index contributed by atoms with van der Waals surface area (Å²) >= 11 is 12.0. The van der Waals surface area contributed by atoms with Crippen molar-refractivity contribution in [2.75, 3.05) is 7.11 Å². The number of aromatic nitrogens is 2. The summed E-state index contributed by atoms with van der Waals surface area (Å²) in [5.41, 5.74) is 0.920. The minimum absolute atomic E-state index is 0.0380. The number of methoxy groups -OCH3 is 1. The number of carbonyl (C=O) groups excluding carboxylic acids is 1. The first-order valence-electron chi connectivity index (χ1n) is 6.06. The molecule has 0 atom stereocenters. The molecule has 21 heavy (non-hydrogen) atoms. The SMILES string of the molecule is CCc1ncnc(-c2cc(C(=O)OC)c(Cl)cc2F)c1Cl. The summed E-state index contributed by atoms with van der Waals surface area (Å²) in [7, 11) is 1.22. The Bertz CT molecular complexity index is 708. The van der Waals surface area contributed by atoms with Gasteiger partial charge >= 0.3 is 5.97 Å². The van der Waals surface area contributed by atoms with Gasteiger partial charge in [0.15, 0.2) is 0 Å². The first-order valence-corrected chi connectivity index (χ1v) is 6.82. The van der Waals surface area contributed by atoms with Crippen LogP contribution in [0.5, 0.6) is 0 Å². The van der Waals surface area contributed by atoms with E-state index < -0.39 is 11.8 Å². The third-order valence-electron chi connectivity index (χ3n) is 2.91. The average molecular weight is 329 g/mol. The highest BCUT2D eigenvalue weighted by Crippen LogP contribution is 2.33. The summed E-state index contributed by atoms with van der Waals surface area (Å²) in [6.07, 6.45) is 1.87. The third-order valence-corrected chi connectivity index (χ3v) is 3.62. The van der Waals surface area contributed by atoms with Crippen LogP contribution in [0.4, 0.5) is 4.39 Å². The van der Waals surface area contributed by atoms with E-state index in [4.69, 9.17) is 23.2 Å². The molecular formula is C14H11Cl2FN2O2. The third kappa shape index (κ3) is 2.99. The monoisotopic (exact) mass is 328 g/mol. The molecule has 0 aliphatic heterocycles. The molecule has 4 nitrogen and oxygen atoms in total. The number of rotatable bonds is 3. The van der Waals surface area contributed by atoms with E-state index in [9.17, 15) is 9.18 Å². The Morgan fingerprint density at radius 3 is 2.67 bits per heavy atom. The highest BCUT2D eigenvalue weighted by atomic mass is 35.5. The molecule has 0 aliphatic carbocycles. The van der Waals surface area contributed by atoms with Crippen molar-refractivity contribution in [1.29, 1.82) is 0 Å². The minimum atomic E-state index is -0.665. The first-order chi connectivity index (χ1) is 9.99. The van der Waals surface area contributed by atoms with E-state index in [0.717, 1.165) is 6.07 Å². The van der Waals surface area contributed by atoms with Crippen molar-refractivity contribution in [2.24, 2.45) is 0 Å². The van der Waals surface area contributed by atoms with Gasteiger partial charge in [-0.2, -0.15) is 0 Å². The van der Waals surface area contributed by atoms with Crippen LogP contribution < -0.4 is 0 Å². The van der Waals surface area contributed by atoms with E-state index in [-0.39, 0.29) is 26.9 Å². The standard InChI is InChI=1S/C14H11Cl2FN2O2/c1-3-11-12(16)13(19-6-18-11)8-4-7(14(20)21-2)9(15)5-10(8)17/h4-6H,3H2,1-2H3. The normalized spacial score (nSPS) is 10.5. The van der Waals surface area contributed by atoms with Gasteiger partial charge in [-0.05, 0) is 18.6 Å². The smallest absolute Gasteiger partial charge is 0.339 e. The maximum atomic E-state index is 14.1. The van der Waals surface area contributed by atoms with Crippen molar-refractivity contribution in [3.63, 3.8) is 0 Å². The van der Waals surface area contributed by atoms with Gasteiger partial charge in [0.25, 0.3) is 0 Å². The Morgan fingerprint density at radius 1 is 1.33 bits per heavy atom. The minimum Gasteiger partial charge on any atom is -0.465 e. The van der Waals surface area contributed by atoms with E-state index in [0.29, 0.717) is 12.1 Å². The molecule has 0 radical (unpaired) electrons. The number of esters is 1. The van der Waals surface area contributed by atoms with Gasteiger partial charge in [-0.25, -0.2) is 19.2 Å². The summed E-state index contributed by atoms with van der Waals surface area (Å²) in [6, 6.07) is 2.31. The van der Waals surface area contributed by atoms with Crippen molar-refractivity contribution in [3.05, 3.63) is 45.6 Å². The van der Waals surface area contributed by atoms with Crippen molar-refractivity contribution in [3.8, 4) is 11.3 Å². The maximum absolute atomic E-state index is 14.1. The van der Waals surface area contributed by atoms with Gasteiger partial charge in [-0.15, -0.1) is 0 Å². The zero-order valence-corrected chi connectivity index (χ0v) is 12.8. The second-order valence-electron chi connectivity index (χ2n) is 4.14. The molecule has 1 aromatic carbocycles. The molecule has 110 valence electrons. The van der Waals surface area contributed by atoms with Crippen molar-refractivity contribution < 1.29 is 13.9 Å². The summed E-state index contributed by atoms with van der Waals surface area (Å²) in [4.78, 5) is 19.7.